The first kappa shape index (κ1) is 11.9. The summed E-state index contributed by atoms with van der Waals surface area (Å²) in [6, 6.07) is 5.16. The molecule has 0 saturated carbocycles. The number of hydrogen-bond acceptors (Lipinski definition) is 0. The molecule has 0 saturated heterocycles. The Morgan fingerprint density at radius 3 is 2.33 bits per heavy atom. The summed E-state index contributed by atoms with van der Waals surface area (Å²) in [7, 11) is 4.76. The van der Waals surface area contributed by atoms with Crippen LogP contribution in [0.3, 0.4) is 0 Å². The average molecular weight is 246 g/mol. The Morgan fingerprint density at radius 2 is 2.00 bits per heavy atom. The molecule has 0 N–H and O–H groups in total. The predicted octanol–water partition coefficient (Wildman–Crippen LogP) is 3.25. The van der Waals surface area contributed by atoms with Gasteiger partial charge in [0.2, 0.25) is 6.43 Å². The van der Waals surface area contributed by atoms with Crippen LogP contribution in [-0.4, -0.2) is 0 Å². The summed E-state index contributed by atoms with van der Waals surface area (Å²) in [6.45, 7) is 0. The molecule has 0 heterocycles. The third kappa shape index (κ3) is 4.08. The molecule has 1 aromatic rings. The van der Waals surface area contributed by atoms with Crippen molar-refractivity contribution < 1.29 is 30.5 Å². The molecule has 0 bridgehead atoms. The summed E-state index contributed by atoms with van der Waals surface area (Å²) in [6.07, 6.45) is -2.61. The SMILES string of the molecule is Fc1[c-]ccc(C(F)F)c1.[Cl][Zn+]. The molecule has 1 rings (SSSR count). The van der Waals surface area contributed by atoms with Crippen molar-refractivity contribution >= 4 is 9.69 Å². The van der Waals surface area contributed by atoms with Gasteiger partial charge in [0.05, 0.1) is 0 Å². The zero-order valence-electron chi connectivity index (χ0n) is 6.03. The molecule has 0 nitrogen and oxygen atoms in total. The molecule has 0 radical (unpaired) electrons. The van der Waals surface area contributed by atoms with Gasteiger partial charge >= 0.3 is 27.0 Å². The molecule has 0 aliphatic carbocycles. The Kier molecular flexibility index (Phi) is 6.40. The summed E-state index contributed by atoms with van der Waals surface area (Å²) in [5.41, 5.74) is -0.309. The number of benzene rings is 1. The van der Waals surface area contributed by atoms with Gasteiger partial charge in [-0.25, -0.2) is 13.2 Å². The van der Waals surface area contributed by atoms with Crippen LogP contribution < -0.4 is 0 Å². The normalized spacial score (nSPS) is 9.25. The Bertz CT molecular complexity index is 230. The quantitative estimate of drug-likeness (QED) is 0.527. The molecule has 0 fully saturated rings. The number of halogens is 4. The first-order chi connectivity index (χ1) is 5.70. The van der Waals surface area contributed by atoms with Crippen molar-refractivity contribution in [2.75, 3.05) is 0 Å². The molecular formula is C7H4ClF3Zn. The van der Waals surface area contributed by atoms with Crippen LogP contribution in [0.25, 0.3) is 0 Å². The molecular weight excluding hydrogens is 242 g/mol. The van der Waals surface area contributed by atoms with Crippen LogP contribution in [0.1, 0.15) is 12.0 Å². The van der Waals surface area contributed by atoms with E-state index >= 15 is 0 Å². The van der Waals surface area contributed by atoms with Crippen LogP contribution >= 0.6 is 9.69 Å². The Morgan fingerprint density at radius 1 is 1.42 bits per heavy atom. The average Bonchev–Trinajstić information content (AvgIpc) is 2.08. The van der Waals surface area contributed by atoms with E-state index in [-0.39, 0.29) is 5.56 Å². The summed E-state index contributed by atoms with van der Waals surface area (Å²) < 4.78 is 35.7. The molecule has 0 aromatic heterocycles. The van der Waals surface area contributed by atoms with E-state index in [1.165, 1.54) is 0 Å². The fraction of sp³-hybridized carbons (Fsp3) is 0.143. The first-order valence-corrected chi connectivity index (χ1v) is 6.82. The standard InChI is InChI=1S/C7H4F3.ClH.Zn/c8-6-3-1-2-5(4-6)7(9)10;;/h1-2,4,7H;1H;/q-1;;+2/p-1. The summed E-state index contributed by atoms with van der Waals surface area (Å²) in [5, 5.41) is 0. The van der Waals surface area contributed by atoms with Gasteiger partial charge in [-0.1, -0.05) is 5.56 Å². The van der Waals surface area contributed by atoms with Gasteiger partial charge in [0.15, 0.2) is 0 Å². The summed E-state index contributed by atoms with van der Waals surface area (Å²) >= 11 is 0.847. The van der Waals surface area contributed by atoms with E-state index in [2.05, 4.69) is 6.07 Å². The summed E-state index contributed by atoms with van der Waals surface area (Å²) in [5.74, 6) is -0.752. The molecule has 62 valence electrons. The van der Waals surface area contributed by atoms with E-state index in [4.69, 9.17) is 9.69 Å². The van der Waals surface area contributed by atoms with E-state index in [0.717, 1.165) is 35.5 Å². The van der Waals surface area contributed by atoms with Crippen molar-refractivity contribution in [3.05, 3.63) is 35.6 Å². The molecule has 0 atom stereocenters. The van der Waals surface area contributed by atoms with Gasteiger partial charge in [0.25, 0.3) is 0 Å². The zero-order chi connectivity index (χ0) is 9.56. The topological polar surface area (TPSA) is 0 Å². The van der Waals surface area contributed by atoms with E-state index in [1.807, 2.05) is 0 Å². The van der Waals surface area contributed by atoms with E-state index in [0.29, 0.717) is 0 Å². The van der Waals surface area contributed by atoms with Crippen molar-refractivity contribution in [1.29, 1.82) is 0 Å². The van der Waals surface area contributed by atoms with Gasteiger partial charge in [-0.2, -0.15) is 12.1 Å². The van der Waals surface area contributed by atoms with Crippen molar-refractivity contribution in [3.8, 4) is 0 Å². The molecule has 12 heavy (non-hydrogen) atoms. The van der Waals surface area contributed by atoms with Crippen LogP contribution in [-0.2, 0) is 17.3 Å². The second kappa shape index (κ2) is 6.44. The van der Waals surface area contributed by atoms with Gasteiger partial charge < -0.3 is 0 Å². The molecule has 0 unspecified atom stereocenters. The van der Waals surface area contributed by atoms with Gasteiger partial charge in [-0.05, 0) is 0 Å². The molecule has 1 aromatic carbocycles. The second-order valence-electron chi connectivity index (χ2n) is 1.77. The van der Waals surface area contributed by atoms with Crippen LogP contribution in [0.4, 0.5) is 13.2 Å². The molecule has 0 aliphatic rings. The van der Waals surface area contributed by atoms with Crippen molar-refractivity contribution in [3.63, 3.8) is 0 Å². The van der Waals surface area contributed by atoms with Crippen LogP contribution in [0.5, 0.6) is 0 Å². The van der Waals surface area contributed by atoms with E-state index in [1.54, 1.807) is 0 Å². The minimum atomic E-state index is -2.61. The predicted molar refractivity (Wildman–Crippen MR) is 36.0 cm³/mol. The second-order valence-corrected chi connectivity index (χ2v) is 1.77. The number of alkyl halides is 2. The van der Waals surface area contributed by atoms with Crippen molar-refractivity contribution in [1.82, 2.24) is 0 Å². The van der Waals surface area contributed by atoms with Crippen LogP contribution in [0.2, 0.25) is 0 Å². The van der Waals surface area contributed by atoms with Gasteiger partial charge in [0.1, 0.15) is 0 Å². The van der Waals surface area contributed by atoms with Crippen LogP contribution in [0.15, 0.2) is 18.2 Å². The van der Waals surface area contributed by atoms with Crippen molar-refractivity contribution in [2.24, 2.45) is 0 Å². The van der Waals surface area contributed by atoms with E-state index in [9.17, 15) is 13.2 Å². The van der Waals surface area contributed by atoms with Crippen LogP contribution in [0, 0.1) is 11.9 Å². The number of hydrogen-bond donors (Lipinski definition) is 0. The van der Waals surface area contributed by atoms with Gasteiger partial charge in [-0.3, -0.25) is 0 Å². The Balaban J connectivity index is 0.000000561. The number of rotatable bonds is 1. The third-order valence-corrected chi connectivity index (χ3v) is 1.04. The van der Waals surface area contributed by atoms with Gasteiger partial charge in [-0.15, -0.1) is 12.1 Å². The Labute approximate surface area is 82.4 Å². The summed E-state index contributed by atoms with van der Waals surface area (Å²) in [4.78, 5) is 0. The maximum atomic E-state index is 12.1. The molecule has 0 aliphatic heterocycles. The molecule has 0 spiro atoms. The fourth-order valence-corrected chi connectivity index (χ4v) is 0.589. The zero-order valence-corrected chi connectivity index (χ0v) is 9.75. The van der Waals surface area contributed by atoms with E-state index < -0.39 is 12.2 Å². The van der Waals surface area contributed by atoms with Gasteiger partial charge in [0, 0.05) is 5.82 Å². The first-order valence-electron chi connectivity index (χ1n) is 2.92. The maximum absolute atomic E-state index is 12.1. The minimum absolute atomic E-state index is 0.309. The fourth-order valence-electron chi connectivity index (χ4n) is 0.589. The Hall–Kier alpha value is -0.0766. The molecule has 0 amide bonds. The van der Waals surface area contributed by atoms with Crippen molar-refractivity contribution in [2.45, 2.75) is 6.43 Å². The third-order valence-electron chi connectivity index (χ3n) is 1.04. The molecule has 5 heteroatoms. The monoisotopic (exact) mass is 244 g/mol.